The summed E-state index contributed by atoms with van der Waals surface area (Å²) < 4.78 is 45.1. The molecule has 1 fully saturated rings. The van der Waals surface area contributed by atoms with Gasteiger partial charge in [-0.1, -0.05) is 6.92 Å². The summed E-state index contributed by atoms with van der Waals surface area (Å²) in [6.45, 7) is 5.24. The third kappa shape index (κ3) is 4.19. The largest absolute Gasteiger partial charge is 0.486 e. The third-order valence-electron chi connectivity index (χ3n) is 5.42. The number of hydrogen-bond donors (Lipinski definition) is 1. The molecule has 4 rings (SSSR count). The quantitative estimate of drug-likeness (QED) is 0.795. The van der Waals surface area contributed by atoms with Crippen LogP contribution in [-0.2, 0) is 10.0 Å². The first-order valence-electron chi connectivity index (χ1n) is 9.70. The molecule has 152 valence electrons. The van der Waals surface area contributed by atoms with Crippen molar-refractivity contribution in [3.05, 3.63) is 42.4 Å². The van der Waals surface area contributed by atoms with Crippen LogP contribution in [0.25, 0.3) is 0 Å². The van der Waals surface area contributed by atoms with E-state index in [0.29, 0.717) is 30.6 Å². The summed E-state index contributed by atoms with van der Waals surface area (Å²) in [4.78, 5) is 2.47. The van der Waals surface area contributed by atoms with Gasteiger partial charge in [0.25, 0.3) is 0 Å². The lowest BCUT2D eigenvalue weighted by Crippen LogP contribution is -2.41. The van der Waals surface area contributed by atoms with Gasteiger partial charge in [-0.25, -0.2) is 13.1 Å². The summed E-state index contributed by atoms with van der Waals surface area (Å²) in [5, 5.41) is 0. The zero-order valence-corrected chi connectivity index (χ0v) is 16.8. The predicted octanol–water partition coefficient (Wildman–Crippen LogP) is 2.80. The highest BCUT2D eigenvalue weighted by atomic mass is 32.2. The third-order valence-corrected chi connectivity index (χ3v) is 6.84. The first-order valence-corrected chi connectivity index (χ1v) is 11.2. The van der Waals surface area contributed by atoms with Crippen LogP contribution in [0, 0.1) is 5.92 Å². The molecule has 1 atom stereocenters. The Hall–Kier alpha value is -2.03. The lowest BCUT2D eigenvalue weighted by atomic mass is 9.97. The molecule has 1 aromatic heterocycles. The monoisotopic (exact) mass is 406 g/mol. The number of nitrogens with zero attached hydrogens (tertiary/aromatic N) is 1. The first-order chi connectivity index (χ1) is 13.5. The molecule has 7 nitrogen and oxygen atoms in total. The van der Waals surface area contributed by atoms with Gasteiger partial charge in [0.1, 0.15) is 19.0 Å². The Balaban J connectivity index is 1.50. The molecular weight excluding hydrogens is 380 g/mol. The van der Waals surface area contributed by atoms with Crippen molar-refractivity contribution < 1.29 is 22.3 Å². The van der Waals surface area contributed by atoms with E-state index in [9.17, 15) is 8.42 Å². The second kappa shape index (κ2) is 8.14. The van der Waals surface area contributed by atoms with Crippen LogP contribution in [0.1, 0.15) is 31.6 Å². The van der Waals surface area contributed by atoms with E-state index in [-0.39, 0.29) is 17.5 Å². The summed E-state index contributed by atoms with van der Waals surface area (Å²) in [6.07, 6.45) is 3.84. The van der Waals surface area contributed by atoms with Crippen LogP contribution in [0.4, 0.5) is 0 Å². The zero-order chi connectivity index (χ0) is 19.6. The molecule has 0 bridgehead atoms. The molecule has 28 heavy (non-hydrogen) atoms. The number of furan rings is 1. The van der Waals surface area contributed by atoms with Crippen molar-refractivity contribution in [1.29, 1.82) is 0 Å². The lowest BCUT2D eigenvalue weighted by Gasteiger charge is -2.35. The number of sulfonamides is 1. The Bertz CT molecular complexity index is 889. The molecule has 0 spiro atoms. The normalized spacial score (nSPS) is 19.5. The van der Waals surface area contributed by atoms with Crippen LogP contribution >= 0.6 is 0 Å². The van der Waals surface area contributed by atoms with Crippen molar-refractivity contribution in [3.8, 4) is 11.5 Å². The van der Waals surface area contributed by atoms with Crippen LogP contribution < -0.4 is 14.2 Å². The van der Waals surface area contributed by atoms with Gasteiger partial charge in [0.2, 0.25) is 10.0 Å². The highest BCUT2D eigenvalue weighted by molar-refractivity contribution is 7.89. The molecular formula is C20H26N2O5S. The van der Waals surface area contributed by atoms with E-state index >= 15 is 0 Å². The number of likely N-dealkylation sites (tertiary alicyclic amines) is 1. The number of benzene rings is 1. The first kappa shape index (κ1) is 19.3. The summed E-state index contributed by atoms with van der Waals surface area (Å²) in [6, 6.07) is 8.31. The molecule has 1 saturated heterocycles. The van der Waals surface area contributed by atoms with Crippen molar-refractivity contribution in [2.24, 2.45) is 5.92 Å². The highest BCUT2D eigenvalue weighted by Gasteiger charge is 2.28. The molecule has 1 aromatic carbocycles. The van der Waals surface area contributed by atoms with Gasteiger partial charge in [0.15, 0.2) is 11.5 Å². The molecule has 0 saturated carbocycles. The lowest BCUT2D eigenvalue weighted by molar-refractivity contribution is 0.125. The summed E-state index contributed by atoms with van der Waals surface area (Å²) in [5.41, 5.74) is 0. The van der Waals surface area contributed by atoms with Crippen molar-refractivity contribution in [2.75, 3.05) is 32.8 Å². The van der Waals surface area contributed by atoms with Gasteiger partial charge in [-0.2, -0.15) is 0 Å². The SMILES string of the molecule is CC1CCN([C@H](CNS(=O)(=O)c2ccc3c(c2)OCCO3)c2ccco2)CC1. The van der Waals surface area contributed by atoms with E-state index in [4.69, 9.17) is 13.9 Å². The minimum atomic E-state index is -3.68. The molecule has 0 radical (unpaired) electrons. The Morgan fingerprint density at radius 2 is 1.89 bits per heavy atom. The molecule has 0 aliphatic carbocycles. The molecule has 8 heteroatoms. The van der Waals surface area contributed by atoms with Crippen LogP contribution in [0.3, 0.4) is 0 Å². The van der Waals surface area contributed by atoms with E-state index in [2.05, 4.69) is 16.5 Å². The Morgan fingerprint density at radius 3 is 2.61 bits per heavy atom. The Morgan fingerprint density at radius 1 is 1.14 bits per heavy atom. The average Bonchev–Trinajstić information content (AvgIpc) is 3.23. The number of fused-ring (bicyclic) bond motifs is 1. The smallest absolute Gasteiger partial charge is 0.240 e. The van der Waals surface area contributed by atoms with Crippen molar-refractivity contribution in [3.63, 3.8) is 0 Å². The molecule has 0 unspecified atom stereocenters. The second-order valence-corrected chi connectivity index (χ2v) is 9.17. The van der Waals surface area contributed by atoms with Gasteiger partial charge in [-0.3, -0.25) is 4.90 Å². The topological polar surface area (TPSA) is 81.0 Å². The number of ether oxygens (including phenoxy) is 2. The zero-order valence-electron chi connectivity index (χ0n) is 16.0. The number of piperidine rings is 1. The van der Waals surface area contributed by atoms with Crippen LogP contribution in [0.5, 0.6) is 11.5 Å². The Labute approximate surface area is 165 Å². The fourth-order valence-electron chi connectivity index (χ4n) is 3.69. The standard InChI is InChI=1S/C20H26N2O5S/c1-15-6-8-22(9-7-15)17(18-3-2-10-25-18)14-21-28(23,24)16-4-5-19-20(13-16)27-12-11-26-19/h2-5,10,13,15,17,21H,6-9,11-12,14H2,1H3/t17-/m1/s1. The maximum Gasteiger partial charge on any atom is 0.240 e. The highest BCUT2D eigenvalue weighted by Crippen LogP contribution is 2.32. The second-order valence-electron chi connectivity index (χ2n) is 7.41. The van der Waals surface area contributed by atoms with Gasteiger partial charge in [-0.15, -0.1) is 0 Å². The van der Waals surface area contributed by atoms with Gasteiger partial charge < -0.3 is 13.9 Å². The summed E-state index contributed by atoms with van der Waals surface area (Å²) >= 11 is 0. The van der Waals surface area contributed by atoms with Gasteiger partial charge in [-0.05, 0) is 56.1 Å². The van der Waals surface area contributed by atoms with E-state index in [0.717, 1.165) is 31.7 Å². The molecule has 1 N–H and O–H groups in total. The maximum absolute atomic E-state index is 12.9. The summed E-state index contributed by atoms with van der Waals surface area (Å²) in [7, 11) is -3.68. The van der Waals surface area contributed by atoms with Crippen molar-refractivity contribution in [1.82, 2.24) is 9.62 Å². The van der Waals surface area contributed by atoms with Gasteiger partial charge >= 0.3 is 0 Å². The molecule has 2 aliphatic heterocycles. The fraction of sp³-hybridized carbons (Fsp3) is 0.500. The van der Waals surface area contributed by atoms with Crippen molar-refractivity contribution >= 4 is 10.0 Å². The predicted molar refractivity (Wildman–Crippen MR) is 104 cm³/mol. The average molecular weight is 407 g/mol. The van der Waals surface area contributed by atoms with Gasteiger partial charge in [0, 0.05) is 12.6 Å². The Kier molecular flexibility index (Phi) is 5.61. The summed E-state index contributed by atoms with van der Waals surface area (Å²) in [5.74, 6) is 2.50. The number of hydrogen-bond acceptors (Lipinski definition) is 6. The van der Waals surface area contributed by atoms with Gasteiger partial charge in [0.05, 0.1) is 17.2 Å². The van der Waals surface area contributed by atoms with E-state index in [1.165, 1.54) is 6.07 Å². The minimum absolute atomic E-state index is 0.130. The maximum atomic E-state index is 12.9. The molecule has 2 aliphatic rings. The van der Waals surface area contributed by atoms with Crippen molar-refractivity contribution in [2.45, 2.75) is 30.7 Å². The van der Waals surface area contributed by atoms with Crippen LogP contribution in [0.15, 0.2) is 45.9 Å². The van der Waals surface area contributed by atoms with E-state index in [1.54, 1.807) is 18.4 Å². The van der Waals surface area contributed by atoms with E-state index in [1.807, 2.05) is 12.1 Å². The number of rotatable bonds is 6. The van der Waals surface area contributed by atoms with E-state index < -0.39 is 10.0 Å². The van der Waals surface area contributed by atoms with Crippen LogP contribution in [0.2, 0.25) is 0 Å². The van der Waals surface area contributed by atoms with Crippen LogP contribution in [-0.4, -0.2) is 46.2 Å². The molecule has 2 aromatic rings. The molecule has 0 amide bonds. The number of nitrogens with one attached hydrogen (secondary N) is 1. The minimum Gasteiger partial charge on any atom is -0.486 e. The molecule has 3 heterocycles. The fourth-order valence-corrected chi connectivity index (χ4v) is 4.75.